The summed E-state index contributed by atoms with van der Waals surface area (Å²) in [6, 6.07) is 10.3. The van der Waals surface area contributed by atoms with Crippen molar-refractivity contribution in [3.63, 3.8) is 0 Å². The third-order valence-corrected chi connectivity index (χ3v) is 3.90. The van der Waals surface area contributed by atoms with E-state index >= 15 is 0 Å². The van der Waals surface area contributed by atoms with Gasteiger partial charge in [0.15, 0.2) is 0 Å². The minimum absolute atomic E-state index is 0.0470. The van der Waals surface area contributed by atoms with Gasteiger partial charge in [0.05, 0.1) is 0 Å². The number of hydrogen-bond donors (Lipinski definition) is 0. The van der Waals surface area contributed by atoms with Crippen molar-refractivity contribution in [3.05, 3.63) is 42.0 Å². The Balaban J connectivity index is 2.65. The summed E-state index contributed by atoms with van der Waals surface area (Å²) in [7, 11) is -0.0470. The Morgan fingerprint density at radius 3 is 2.46 bits per heavy atom. The SMILES string of the molecule is CC(C)=CCS(=S)c1ccccc1. The van der Waals surface area contributed by atoms with Gasteiger partial charge in [-0.25, -0.2) is 0 Å². The number of allylic oxidation sites excluding steroid dienone is 1. The van der Waals surface area contributed by atoms with E-state index in [1.807, 2.05) is 18.2 Å². The highest BCUT2D eigenvalue weighted by molar-refractivity contribution is 8.29. The molecule has 0 spiro atoms. The Bertz CT molecular complexity index is 308. The van der Waals surface area contributed by atoms with Gasteiger partial charge in [-0.3, -0.25) is 0 Å². The van der Waals surface area contributed by atoms with Crippen LogP contribution in [0.25, 0.3) is 0 Å². The third-order valence-electron chi connectivity index (χ3n) is 1.65. The normalized spacial score (nSPS) is 12.2. The van der Waals surface area contributed by atoms with Crippen LogP contribution >= 0.6 is 0 Å². The Morgan fingerprint density at radius 1 is 1.31 bits per heavy atom. The number of rotatable bonds is 3. The van der Waals surface area contributed by atoms with Crippen molar-refractivity contribution in [1.29, 1.82) is 0 Å². The van der Waals surface area contributed by atoms with Gasteiger partial charge in [0, 0.05) is 10.6 Å². The molecule has 0 nitrogen and oxygen atoms in total. The Morgan fingerprint density at radius 2 is 1.92 bits per heavy atom. The third kappa shape index (κ3) is 3.83. The molecule has 0 saturated heterocycles. The van der Waals surface area contributed by atoms with Crippen molar-refractivity contribution in [2.75, 3.05) is 5.75 Å². The average molecular weight is 210 g/mol. The summed E-state index contributed by atoms with van der Waals surface area (Å²) in [6.45, 7) is 4.22. The molecule has 0 aliphatic rings. The van der Waals surface area contributed by atoms with Gasteiger partial charge >= 0.3 is 0 Å². The van der Waals surface area contributed by atoms with Crippen LogP contribution in [0.3, 0.4) is 0 Å². The van der Waals surface area contributed by atoms with E-state index < -0.39 is 0 Å². The smallest absolute Gasteiger partial charge is 0.0207 e. The molecule has 0 heterocycles. The fraction of sp³-hybridized carbons (Fsp3) is 0.273. The molecular formula is C11H14S2. The zero-order valence-electron chi connectivity index (χ0n) is 7.99. The van der Waals surface area contributed by atoms with Gasteiger partial charge in [-0.05, 0) is 37.2 Å². The van der Waals surface area contributed by atoms with E-state index in [4.69, 9.17) is 11.2 Å². The van der Waals surface area contributed by atoms with Crippen molar-refractivity contribution < 1.29 is 0 Å². The topological polar surface area (TPSA) is 0 Å². The maximum Gasteiger partial charge on any atom is 0.0207 e. The molecule has 2 heteroatoms. The van der Waals surface area contributed by atoms with Crippen LogP contribution in [0.5, 0.6) is 0 Å². The summed E-state index contributed by atoms with van der Waals surface area (Å²) in [4.78, 5) is 1.27. The molecule has 1 aromatic rings. The zero-order chi connectivity index (χ0) is 9.68. The molecule has 1 atom stereocenters. The first-order valence-electron chi connectivity index (χ1n) is 4.27. The van der Waals surface area contributed by atoms with E-state index in [0.29, 0.717) is 0 Å². The van der Waals surface area contributed by atoms with Gasteiger partial charge in [-0.15, -0.1) is 0 Å². The molecule has 70 valence electrons. The molecule has 0 radical (unpaired) electrons. The van der Waals surface area contributed by atoms with Crippen molar-refractivity contribution >= 4 is 20.6 Å². The average Bonchev–Trinajstić information content (AvgIpc) is 2.15. The molecule has 0 saturated carbocycles. The van der Waals surface area contributed by atoms with Crippen LogP contribution in [0.1, 0.15) is 13.8 Å². The van der Waals surface area contributed by atoms with Crippen LogP contribution in [-0.2, 0) is 20.6 Å². The summed E-state index contributed by atoms with van der Waals surface area (Å²) in [6.07, 6.45) is 2.21. The van der Waals surface area contributed by atoms with Crippen molar-refractivity contribution in [3.8, 4) is 0 Å². The van der Waals surface area contributed by atoms with Crippen LogP contribution in [0.4, 0.5) is 0 Å². The minimum Gasteiger partial charge on any atom is -0.0863 e. The van der Waals surface area contributed by atoms with Crippen molar-refractivity contribution in [2.45, 2.75) is 18.7 Å². The van der Waals surface area contributed by atoms with Crippen molar-refractivity contribution in [2.24, 2.45) is 0 Å². The van der Waals surface area contributed by atoms with E-state index in [2.05, 4.69) is 32.1 Å². The lowest BCUT2D eigenvalue weighted by molar-refractivity contribution is 1.36. The second-order valence-corrected chi connectivity index (χ2v) is 5.81. The van der Waals surface area contributed by atoms with E-state index in [1.165, 1.54) is 10.5 Å². The number of hydrogen-bond acceptors (Lipinski definition) is 1. The van der Waals surface area contributed by atoms with Crippen LogP contribution < -0.4 is 0 Å². The summed E-state index contributed by atoms with van der Waals surface area (Å²) in [5.41, 5.74) is 1.35. The van der Waals surface area contributed by atoms with Gasteiger partial charge in [0.2, 0.25) is 0 Å². The molecule has 0 fully saturated rings. The van der Waals surface area contributed by atoms with Gasteiger partial charge in [0.25, 0.3) is 0 Å². The molecule has 1 unspecified atom stereocenters. The summed E-state index contributed by atoms with van der Waals surface area (Å²) in [5.74, 6) is 0.988. The highest BCUT2D eigenvalue weighted by Crippen LogP contribution is 2.06. The highest BCUT2D eigenvalue weighted by Gasteiger charge is 1.94. The van der Waals surface area contributed by atoms with E-state index in [1.54, 1.807) is 0 Å². The standard InChI is InChI=1S/C11H14S2/c1-10(2)8-9-13(12)11-6-4-3-5-7-11/h3-8H,9H2,1-2H3. The van der Waals surface area contributed by atoms with Gasteiger partial charge < -0.3 is 0 Å². The van der Waals surface area contributed by atoms with E-state index in [9.17, 15) is 0 Å². The summed E-state index contributed by atoms with van der Waals surface area (Å²) < 4.78 is 0. The van der Waals surface area contributed by atoms with Crippen LogP contribution in [0, 0.1) is 0 Å². The second kappa shape index (κ2) is 5.30. The molecule has 1 rings (SSSR count). The van der Waals surface area contributed by atoms with Crippen molar-refractivity contribution in [1.82, 2.24) is 0 Å². The lowest BCUT2D eigenvalue weighted by atomic mass is 10.3. The Hall–Kier alpha value is -0.470. The first-order valence-corrected chi connectivity index (χ1v) is 6.59. The lowest BCUT2D eigenvalue weighted by Crippen LogP contribution is -1.93. The van der Waals surface area contributed by atoms with Crippen LogP contribution in [0.2, 0.25) is 0 Å². The van der Waals surface area contributed by atoms with Crippen LogP contribution in [0.15, 0.2) is 46.9 Å². The summed E-state index contributed by atoms with van der Waals surface area (Å²) >= 11 is 5.41. The molecule has 0 aliphatic carbocycles. The summed E-state index contributed by atoms with van der Waals surface area (Å²) in [5, 5.41) is 0. The maximum absolute atomic E-state index is 5.41. The molecule has 0 amide bonds. The van der Waals surface area contributed by atoms with Gasteiger partial charge in [-0.2, -0.15) is 0 Å². The first-order chi connectivity index (χ1) is 6.20. The minimum atomic E-state index is -0.0470. The van der Waals surface area contributed by atoms with E-state index in [0.717, 1.165) is 5.75 Å². The molecule has 0 aliphatic heterocycles. The molecular weight excluding hydrogens is 196 g/mol. The fourth-order valence-corrected chi connectivity index (χ4v) is 2.59. The molecule has 13 heavy (non-hydrogen) atoms. The van der Waals surface area contributed by atoms with Gasteiger partial charge in [-0.1, -0.05) is 39.3 Å². The Labute approximate surface area is 87.3 Å². The predicted octanol–water partition coefficient (Wildman–Crippen LogP) is 3.09. The molecule has 0 N–H and O–H groups in total. The largest absolute Gasteiger partial charge is 0.0863 e. The lowest BCUT2D eigenvalue weighted by Gasteiger charge is -2.01. The quantitative estimate of drug-likeness (QED) is 0.691. The fourth-order valence-electron chi connectivity index (χ4n) is 0.911. The highest BCUT2D eigenvalue weighted by atomic mass is 32.8. The van der Waals surface area contributed by atoms with Crippen LogP contribution in [-0.4, -0.2) is 5.75 Å². The second-order valence-electron chi connectivity index (χ2n) is 3.11. The predicted molar refractivity (Wildman–Crippen MR) is 63.7 cm³/mol. The van der Waals surface area contributed by atoms with E-state index in [-0.39, 0.29) is 9.45 Å². The monoisotopic (exact) mass is 210 g/mol. The molecule has 0 aromatic heterocycles. The number of benzene rings is 1. The first kappa shape index (κ1) is 10.6. The maximum atomic E-state index is 5.41. The van der Waals surface area contributed by atoms with Gasteiger partial charge in [0.1, 0.15) is 0 Å². The molecule has 0 bridgehead atoms. The zero-order valence-corrected chi connectivity index (χ0v) is 9.62. The Kier molecular flexibility index (Phi) is 4.33. The molecule has 1 aromatic carbocycles.